The first-order valence-electron chi connectivity index (χ1n) is 23.0. The van der Waals surface area contributed by atoms with Gasteiger partial charge in [-0.05, 0) is 44.4 Å². The van der Waals surface area contributed by atoms with Crippen molar-refractivity contribution in [3.05, 3.63) is 12.2 Å². The third-order valence-corrected chi connectivity index (χ3v) is 10.9. The van der Waals surface area contributed by atoms with Gasteiger partial charge in [0.2, 0.25) is 0 Å². The Bertz CT molecular complexity index is 640. The second-order valence-corrected chi connectivity index (χ2v) is 16.0. The Morgan fingerprint density at radius 3 is 1.14 bits per heavy atom. The van der Waals surface area contributed by atoms with Gasteiger partial charge in [-0.1, -0.05) is 238 Å². The second-order valence-electron chi connectivity index (χ2n) is 16.0. The number of allylic oxidation sites excluding steroid dienone is 2. The zero-order valence-corrected chi connectivity index (χ0v) is 34.3. The van der Waals surface area contributed by atoms with Crippen molar-refractivity contribution in [3.8, 4) is 0 Å². The third kappa shape index (κ3) is 43.3. The van der Waals surface area contributed by atoms with Gasteiger partial charge in [0, 0.05) is 6.42 Å². The van der Waals surface area contributed by atoms with Gasteiger partial charge in [-0.2, -0.15) is 0 Å². The van der Waals surface area contributed by atoms with Crippen LogP contribution < -0.4 is 0 Å². The summed E-state index contributed by atoms with van der Waals surface area (Å²) in [7, 11) is 0. The standard InChI is InChI=1S/C47H92O2/c1-4-6-7-8-9-10-11-12-13-19-23-26-29-32-35-38-41-44-47(48)49-45-42-39-36-33-30-27-24-21-18-16-14-15-17-20-22-25-28-31-34-37-40-43-46(3)5-2/h10-11,46H,4-9,12-45H2,1-3H3. The normalized spacial score (nSPS) is 12.3. The molecule has 2 nitrogen and oxygen atoms in total. The number of hydrogen-bond donors (Lipinski definition) is 0. The molecule has 0 N–H and O–H groups in total. The lowest BCUT2D eigenvalue weighted by Gasteiger charge is -2.07. The summed E-state index contributed by atoms with van der Waals surface area (Å²) < 4.78 is 5.48. The number of rotatable bonds is 42. The van der Waals surface area contributed by atoms with Crippen molar-refractivity contribution in [1.82, 2.24) is 0 Å². The van der Waals surface area contributed by atoms with Gasteiger partial charge in [0.25, 0.3) is 0 Å². The number of unbranched alkanes of at least 4 members (excludes halogenated alkanes) is 33. The van der Waals surface area contributed by atoms with Crippen molar-refractivity contribution in [3.63, 3.8) is 0 Å². The van der Waals surface area contributed by atoms with E-state index in [9.17, 15) is 4.79 Å². The number of carbonyl (C=O) groups is 1. The summed E-state index contributed by atoms with van der Waals surface area (Å²) >= 11 is 0. The Kier molecular flexibility index (Phi) is 42.7. The maximum absolute atomic E-state index is 12.0. The van der Waals surface area contributed by atoms with Crippen molar-refractivity contribution >= 4 is 5.97 Å². The summed E-state index contributed by atoms with van der Waals surface area (Å²) in [6, 6.07) is 0. The maximum Gasteiger partial charge on any atom is 0.305 e. The highest BCUT2D eigenvalue weighted by molar-refractivity contribution is 5.69. The summed E-state index contributed by atoms with van der Waals surface area (Å²) in [5.41, 5.74) is 0. The van der Waals surface area contributed by atoms with Gasteiger partial charge in [0.05, 0.1) is 6.61 Å². The molecule has 0 aliphatic carbocycles. The molecule has 0 saturated carbocycles. The van der Waals surface area contributed by atoms with E-state index in [1.54, 1.807) is 0 Å². The Morgan fingerprint density at radius 2 is 0.755 bits per heavy atom. The summed E-state index contributed by atoms with van der Waals surface area (Å²) in [6.07, 6.45) is 57.4. The van der Waals surface area contributed by atoms with E-state index in [1.807, 2.05) is 0 Å². The van der Waals surface area contributed by atoms with Crippen LogP contribution in [0.5, 0.6) is 0 Å². The predicted octanol–water partition coefficient (Wildman–Crippen LogP) is 17.0. The Hall–Kier alpha value is -0.790. The van der Waals surface area contributed by atoms with Gasteiger partial charge in [0.1, 0.15) is 0 Å². The van der Waals surface area contributed by atoms with E-state index < -0.39 is 0 Å². The molecule has 1 atom stereocenters. The van der Waals surface area contributed by atoms with Gasteiger partial charge in [0.15, 0.2) is 0 Å². The van der Waals surface area contributed by atoms with Crippen molar-refractivity contribution in [1.29, 1.82) is 0 Å². The molecular formula is C47H92O2. The van der Waals surface area contributed by atoms with Crippen LogP contribution in [-0.2, 0) is 9.53 Å². The summed E-state index contributed by atoms with van der Waals surface area (Å²) in [6.45, 7) is 7.63. The molecule has 2 heteroatoms. The molecule has 0 spiro atoms. The molecule has 0 aliphatic heterocycles. The van der Waals surface area contributed by atoms with Crippen LogP contribution in [0.3, 0.4) is 0 Å². The summed E-state index contributed by atoms with van der Waals surface area (Å²) in [4.78, 5) is 12.0. The molecule has 0 heterocycles. The van der Waals surface area contributed by atoms with E-state index in [0.29, 0.717) is 13.0 Å². The molecule has 0 aliphatic rings. The van der Waals surface area contributed by atoms with Crippen LogP contribution in [-0.4, -0.2) is 12.6 Å². The Morgan fingerprint density at radius 1 is 0.429 bits per heavy atom. The minimum absolute atomic E-state index is 0.0267. The molecule has 292 valence electrons. The number of carbonyl (C=O) groups excluding carboxylic acids is 1. The third-order valence-electron chi connectivity index (χ3n) is 10.9. The van der Waals surface area contributed by atoms with E-state index in [-0.39, 0.29) is 5.97 Å². The van der Waals surface area contributed by atoms with Crippen LogP contribution in [0.1, 0.15) is 271 Å². The Labute approximate surface area is 310 Å². The van der Waals surface area contributed by atoms with Crippen molar-refractivity contribution in [2.24, 2.45) is 5.92 Å². The van der Waals surface area contributed by atoms with Crippen LogP contribution in [0.15, 0.2) is 12.2 Å². The zero-order chi connectivity index (χ0) is 35.6. The molecule has 0 aromatic carbocycles. The number of hydrogen-bond acceptors (Lipinski definition) is 2. The summed E-state index contributed by atoms with van der Waals surface area (Å²) in [5.74, 6) is 0.962. The van der Waals surface area contributed by atoms with E-state index in [1.165, 1.54) is 231 Å². The van der Waals surface area contributed by atoms with Crippen LogP contribution in [0.25, 0.3) is 0 Å². The molecule has 0 saturated heterocycles. The van der Waals surface area contributed by atoms with Crippen LogP contribution >= 0.6 is 0 Å². The molecule has 0 fully saturated rings. The Balaban J connectivity index is 3.17. The molecule has 1 unspecified atom stereocenters. The summed E-state index contributed by atoms with van der Waals surface area (Å²) in [5, 5.41) is 0. The smallest absolute Gasteiger partial charge is 0.305 e. The molecular weight excluding hydrogens is 597 g/mol. The molecule has 0 radical (unpaired) electrons. The molecule has 0 amide bonds. The molecule has 0 aromatic rings. The monoisotopic (exact) mass is 689 g/mol. The largest absolute Gasteiger partial charge is 0.466 e. The average Bonchev–Trinajstić information content (AvgIpc) is 3.11. The fraction of sp³-hybridized carbons (Fsp3) is 0.936. The average molecular weight is 689 g/mol. The van der Waals surface area contributed by atoms with Crippen LogP contribution in [0.2, 0.25) is 0 Å². The number of esters is 1. The highest BCUT2D eigenvalue weighted by Crippen LogP contribution is 2.17. The minimum Gasteiger partial charge on any atom is -0.466 e. The molecule has 0 aromatic heterocycles. The van der Waals surface area contributed by atoms with E-state index in [2.05, 4.69) is 32.9 Å². The molecule has 0 rings (SSSR count). The van der Waals surface area contributed by atoms with Gasteiger partial charge in [-0.3, -0.25) is 4.79 Å². The van der Waals surface area contributed by atoms with Gasteiger partial charge >= 0.3 is 5.97 Å². The van der Waals surface area contributed by atoms with E-state index in [4.69, 9.17) is 4.74 Å². The lowest BCUT2D eigenvalue weighted by Crippen LogP contribution is -2.05. The first kappa shape index (κ1) is 48.2. The van der Waals surface area contributed by atoms with E-state index >= 15 is 0 Å². The fourth-order valence-electron chi connectivity index (χ4n) is 7.11. The van der Waals surface area contributed by atoms with Crippen molar-refractivity contribution in [2.75, 3.05) is 6.61 Å². The molecule has 0 bridgehead atoms. The fourth-order valence-corrected chi connectivity index (χ4v) is 7.11. The lowest BCUT2D eigenvalue weighted by atomic mass is 9.99. The van der Waals surface area contributed by atoms with Crippen molar-refractivity contribution < 1.29 is 9.53 Å². The quantitative estimate of drug-likeness (QED) is 0.0362. The van der Waals surface area contributed by atoms with Gasteiger partial charge < -0.3 is 4.74 Å². The maximum atomic E-state index is 12.0. The SMILES string of the molecule is CCCCCCC=CCCCCCCCCCCCC(=O)OCCCCCCCCCCCCCCCCCCCCCCCC(C)CC. The predicted molar refractivity (Wildman–Crippen MR) is 221 cm³/mol. The van der Waals surface area contributed by atoms with Gasteiger partial charge in [-0.25, -0.2) is 0 Å². The van der Waals surface area contributed by atoms with E-state index in [0.717, 1.165) is 18.8 Å². The number of ether oxygens (including phenoxy) is 1. The highest BCUT2D eigenvalue weighted by atomic mass is 16.5. The topological polar surface area (TPSA) is 26.3 Å². The second kappa shape index (κ2) is 43.4. The first-order chi connectivity index (χ1) is 24.2. The van der Waals surface area contributed by atoms with Crippen LogP contribution in [0.4, 0.5) is 0 Å². The van der Waals surface area contributed by atoms with Gasteiger partial charge in [-0.15, -0.1) is 0 Å². The van der Waals surface area contributed by atoms with Crippen molar-refractivity contribution in [2.45, 2.75) is 271 Å². The highest BCUT2D eigenvalue weighted by Gasteiger charge is 2.03. The minimum atomic E-state index is 0.0267. The first-order valence-corrected chi connectivity index (χ1v) is 23.0. The van der Waals surface area contributed by atoms with Crippen LogP contribution in [0, 0.1) is 5.92 Å². The zero-order valence-electron chi connectivity index (χ0n) is 34.3. The molecule has 49 heavy (non-hydrogen) atoms. The lowest BCUT2D eigenvalue weighted by molar-refractivity contribution is -0.143.